The minimum atomic E-state index is -4.80. The van der Waals surface area contributed by atoms with Crippen LogP contribution in [0, 0.1) is 0 Å². The maximum Gasteiger partial charge on any atom is 0.471 e. The van der Waals surface area contributed by atoms with Crippen LogP contribution in [-0.2, 0) is 11.2 Å². The molecule has 0 aromatic heterocycles. The fourth-order valence-electron chi connectivity index (χ4n) is 2.89. The van der Waals surface area contributed by atoms with E-state index in [9.17, 15) is 18.0 Å². The highest BCUT2D eigenvalue weighted by Gasteiger charge is 2.51. The van der Waals surface area contributed by atoms with Gasteiger partial charge in [-0.15, -0.1) is 0 Å². The van der Waals surface area contributed by atoms with Gasteiger partial charge in [0.15, 0.2) is 0 Å². The van der Waals surface area contributed by atoms with Gasteiger partial charge in [-0.1, -0.05) is 12.1 Å². The van der Waals surface area contributed by atoms with Crippen molar-refractivity contribution in [3.05, 3.63) is 29.3 Å². The average Bonchev–Trinajstić information content (AvgIpc) is 3.04. The second-order valence-electron chi connectivity index (χ2n) is 5.25. The van der Waals surface area contributed by atoms with Gasteiger partial charge in [-0.2, -0.15) is 13.2 Å². The zero-order valence-corrected chi connectivity index (χ0v) is 10.9. The predicted molar refractivity (Wildman–Crippen MR) is 65.6 cm³/mol. The summed E-state index contributed by atoms with van der Waals surface area (Å²) < 4.78 is 42.7. The first-order valence-corrected chi connectivity index (χ1v) is 6.48. The number of ether oxygens (including phenoxy) is 1. The van der Waals surface area contributed by atoms with Gasteiger partial charge in [-0.05, 0) is 18.1 Å². The lowest BCUT2D eigenvalue weighted by atomic mass is 10.0. The smallest absolute Gasteiger partial charge is 0.471 e. The summed E-state index contributed by atoms with van der Waals surface area (Å²) in [7, 11) is 1.22. The number of amides is 1. The minimum Gasteiger partial charge on any atom is -0.493 e. The van der Waals surface area contributed by atoms with Gasteiger partial charge in [-0.3, -0.25) is 4.79 Å². The van der Waals surface area contributed by atoms with Gasteiger partial charge in [0.2, 0.25) is 0 Å². The molecule has 0 spiro atoms. The summed E-state index contributed by atoms with van der Waals surface area (Å²) in [5.74, 6) is -0.963. The molecule has 2 atom stereocenters. The van der Waals surface area contributed by atoms with E-state index in [4.69, 9.17) is 4.74 Å². The number of carbonyl (C=O) groups is 1. The number of likely N-dealkylation sites (N-methyl/N-ethyl adjacent to an activating group) is 1. The Morgan fingerprint density at radius 2 is 2.15 bits per heavy atom. The van der Waals surface area contributed by atoms with Crippen LogP contribution in [0.1, 0.15) is 23.5 Å². The van der Waals surface area contributed by atoms with Crippen molar-refractivity contribution in [3.8, 4) is 5.75 Å². The molecule has 0 bridgehead atoms. The molecule has 1 aliphatic heterocycles. The molecule has 2 unspecified atom stereocenters. The number of fused-ring (bicyclic) bond motifs is 1. The largest absolute Gasteiger partial charge is 0.493 e. The molecule has 108 valence electrons. The van der Waals surface area contributed by atoms with E-state index in [1.165, 1.54) is 7.05 Å². The molecular weight excluding hydrogens is 271 g/mol. The van der Waals surface area contributed by atoms with E-state index < -0.39 is 12.1 Å². The first-order chi connectivity index (χ1) is 9.39. The summed E-state index contributed by atoms with van der Waals surface area (Å²) in [5.41, 5.74) is 2.10. The first-order valence-electron chi connectivity index (χ1n) is 6.48. The maximum atomic E-state index is 12.4. The van der Waals surface area contributed by atoms with E-state index in [-0.39, 0.29) is 12.0 Å². The molecule has 1 amide bonds. The van der Waals surface area contributed by atoms with Crippen molar-refractivity contribution in [2.75, 3.05) is 13.7 Å². The molecule has 1 heterocycles. The zero-order valence-electron chi connectivity index (χ0n) is 10.9. The van der Waals surface area contributed by atoms with Crippen molar-refractivity contribution in [1.29, 1.82) is 0 Å². The third kappa shape index (κ3) is 2.13. The van der Waals surface area contributed by atoms with Gasteiger partial charge in [0.25, 0.3) is 0 Å². The SMILES string of the molecule is CN(C(=O)C(F)(F)F)C1CC1c1cccc2c1CCO2. The summed E-state index contributed by atoms with van der Waals surface area (Å²) in [6.07, 6.45) is -3.44. The van der Waals surface area contributed by atoms with Gasteiger partial charge in [0, 0.05) is 31.0 Å². The highest BCUT2D eigenvalue weighted by atomic mass is 19.4. The Bertz CT molecular complexity index is 556. The number of carbonyl (C=O) groups excluding carboxylic acids is 1. The van der Waals surface area contributed by atoms with Crippen LogP contribution in [0.5, 0.6) is 5.75 Å². The highest BCUT2D eigenvalue weighted by Crippen LogP contribution is 2.48. The Morgan fingerprint density at radius 1 is 1.40 bits per heavy atom. The molecule has 3 rings (SSSR count). The zero-order chi connectivity index (χ0) is 14.5. The van der Waals surface area contributed by atoms with Gasteiger partial charge >= 0.3 is 12.1 Å². The molecule has 3 nitrogen and oxygen atoms in total. The van der Waals surface area contributed by atoms with Crippen molar-refractivity contribution in [2.24, 2.45) is 0 Å². The van der Waals surface area contributed by atoms with Crippen molar-refractivity contribution < 1.29 is 22.7 Å². The van der Waals surface area contributed by atoms with E-state index in [0.717, 1.165) is 28.2 Å². The molecule has 1 saturated carbocycles. The second kappa shape index (κ2) is 4.40. The molecule has 0 saturated heterocycles. The first kappa shape index (κ1) is 13.3. The molecule has 0 N–H and O–H groups in total. The molecule has 20 heavy (non-hydrogen) atoms. The lowest BCUT2D eigenvalue weighted by Crippen LogP contribution is -2.40. The molecule has 1 fully saturated rings. The fourth-order valence-corrected chi connectivity index (χ4v) is 2.89. The molecule has 2 aliphatic rings. The van der Waals surface area contributed by atoms with E-state index in [2.05, 4.69) is 0 Å². The molecule has 1 aliphatic carbocycles. The summed E-state index contributed by atoms with van der Waals surface area (Å²) >= 11 is 0. The Hall–Kier alpha value is -1.72. The third-order valence-corrected chi connectivity index (χ3v) is 4.00. The molecule has 1 aromatic rings. The van der Waals surface area contributed by atoms with E-state index in [1.54, 1.807) is 0 Å². The van der Waals surface area contributed by atoms with E-state index >= 15 is 0 Å². The number of nitrogens with zero attached hydrogens (tertiary/aromatic N) is 1. The average molecular weight is 285 g/mol. The van der Waals surface area contributed by atoms with Crippen LogP contribution in [0.2, 0.25) is 0 Å². The van der Waals surface area contributed by atoms with Gasteiger partial charge in [-0.25, -0.2) is 0 Å². The lowest BCUT2D eigenvalue weighted by molar-refractivity contribution is -0.184. The monoisotopic (exact) mass is 285 g/mol. The number of hydrogen-bond donors (Lipinski definition) is 0. The lowest BCUT2D eigenvalue weighted by Gasteiger charge is -2.19. The Labute approximate surface area is 114 Å². The highest BCUT2D eigenvalue weighted by molar-refractivity contribution is 5.82. The topological polar surface area (TPSA) is 29.5 Å². The minimum absolute atomic E-state index is 0.0112. The normalized spacial score (nSPS) is 24.0. The predicted octanol–water partition coefficient (Wildman–Crippen LogP) is 2.50. The molecule has 0 radical (unpaired) electrons. The third-order valence-electron chi connectivity index (χ3n) is 4.00. The van der Waals surface area contributed by atoms with Crippen LogP contribution >= 0.6 is 0 Å². The summed E-state index contributed by atoms with van der Waals surface area (Å²) in [4.78, 5) is 12.1. The molecule has 6 heteroatoms. The quantitative estimate of drug-likeness (QED) is 0.835. The van der Waals surface area contributed by atoms with Crippen molar-refractivity contribution in [1.82, 2.24) is 4.90 Å². The Balaban J connectivity index is 1.77. The standard InChI is InChI=1S/C14H14F3NO2/c1-18(13(19)14(15,16)17)11-7-10(11)8-3-2-4-12-9(8)5-6-20-12/h2-4,10-11H,5-7H2,1H3. The number of hydrogen-bond acceptors (Lipinski definition) is 2. The van der Waals surface area contributed by atoms with E-state index in [1.807, 2.05) is 18.2 Å². The summed E-state index contributed by atoms with van der Waals surface area (Å²) in [5, 5.41) is 0. The van der Waals surface area contributed by atoms with E-state index in [0.29, 0.717) is 13.0 Å². The van der Waals surface area contributed by atoms with Crippen LogP contribution in [0.25, 0.3) is 0 Å². The van der Waals surface area contributed by atoms with Crippen molar-refractivity contribution >= 4 is 5.91 Å². The van der Waals surface area contributed by atoms with Crippen molar-refractivity contribution in [2.45, 2.75) is 31.0 Å². The van der Waals surface area contributed by atoms with Gasteiger partial charge in [0.1, 0.15) is 5.75 Å². The number of alkyl halides is 3. The van der Waals surface area contributed by atoms with Crippen LogP contribution in [0.4, 0.5) is 13.2 Å². The summed E-state index contributed by atoms with van der Waals surface area (Å²) in [6.45, 7) is 0.612. The fraction of sp³-hybridized carbons (Fsp3) is 0.500. The molecular formula is C14H14F3NO2. The van der Waals surface area contributed by atoms with Crippen LogP contribution in [0.15, 0.2) is 18.2 Å². The van der Waals surface area contributed by atoms with Crippen LogP contribution < -0.4 is 4.74 Å². The van der Waals surface area contributed by atoms with Crippen LogP contribution in [-0.4, -0.2) is 36.7 Å². The van der Waals surface area contributed by atoms with Gasteiger partial charge < -0.3 is 9.64 Å². The number of halogens is 3. The maximum absolute atomic E-state index is 12.4. The van der Waals surface area contributed by atoms with Gasteiger partial charge in [0.05, 0.1) is 6.61 Å². The second-order valence-corrected chi connectivity index (χ2v) is 5.25. The Morgan fingerprint density at radius 3 is 2.85 bits per heavy atom. The van der Waals surface area contributed by atoms with Crippen LogP contribution in [0.3, 0.4) is 0 Å². The Kier molecular flexibility index (Phi) is 2.92. The van der Waals surface area contributed by atoms with Crippen molar-refractivity contribution in [3.63, 3.8) is 0 Å². The number of rotatable bonds is 2. The molecule has 1 aromatic carbocycles. The number of benzene rings is 1. The summed E-state index contributed by atoms with van der Waals surface area (Å²) in [6, 6.07) is 5.27.